The third kappa shape index (κ3) is 3.46. The van der Waals surface area contributed by atoms with E-state index in [1.165, 1.54) is 48.8 Å². The first-order valence-corrected chi connectivity index (χ1v) is 7.23. The molecule has 0 amide bonds. The molecule has 0 heterocycles. The summed E-state index contributed by atoms with van der Waals surface area (Å²) in [5, 5.41) is 9.57. The standard InChI is InChI=1S/C17H24O/c1-2-14-8-10-15(11-9-14)12-17(13-18)16-6-4-3-5-7-16/h8-12,16,18H,2-7,13H2,1H3. The number of rotatable bonds is 4. The molecule has 0 saturated heterocycles. The number of hydrogen-bond donors (Lipinski definition) is 1. The zero-order chi connectivity index (χ0) is 12.8. The second-order valence-electron chi connectivity index (χ2n) is 5.31. The molecule has 0 aliphatic heterocycles. The molecule has 1 saturated carbocycles. The van der Waals surface area contributed by atoms with Crippen LogP contribution in [0.4, 0.5) is 0 Å². The van der Waals surface area contributed by atoms with Gasteiger partial charge in [-0.05, 0) is 41.9 Å². The first-order valence-electron chi connectivity index (χ1n) is 7.23. The molecule has 1 fully saturated rings. The van der Waals surface area contributed by atoms with E-state index in [1.807, 2.05) is 0 Å². The van der Waals surface area contributed by atoms with Crippen LogP contribution in [-0.2, 0) is 6.42 Å². The van der Waals surface area contributed by atoms with Crippen LogP contribution in [0.5, 0.6) is 0 Å². The third-order valence-corrected chi connectivity index (χ3v) is 4.05. The lowest BCUT2D eigenvalue weighted by atomic mass is 9.83. The Labute approximate surface area is 111 Å². The van der Waals surface area contributed by atoms with Crippen LogP contribution in [-0.4, -0.2) is 11.7 Å². The van der Waals surface area contributed by atoms with Crippen LogP contribution < -0.4 is 0 Å². The molecule has 0 unspecified atom stereocenters. The Bertz CT molecular complexity index is 383. The van der Waals surface area contributed by atoms with Gasteiger partial charge in [0.25, 0.3) is 0 Å². The number of aliphatic hydroxyl groups is 1. The fourth-order valence-corrected chi connectivity index (χ4v) is 2.83. The highest BCUT2D eigenvalue weighted by atomic mass is 16.3. The van der Waals surface area contributed by atoms with Gasteiger partial charge in [-0.1, -0.05) is 56.5 Å². The molecule has 1 aromatic carbocycles. The summed E-state index contributed by atoms with van der Waals surface area (Å²) >= 11 is 0. The molecule has 98 valence electrons. The predicted octanol–water partition coefficient (Wildman–Crippen LogP) is 4.21. The van der Waals surface area contributed by atoms with Crippen LogP contribution in [0.15, 0.2) is 29.8 Å². The van der Waals surface area contributed by atoms with Crippen LogP contribution >= 0.6 is 0 Å². The summed E-state index contributed by atoms with van der Waals surface area (Å²) in [7, 11) is 0. The quantitative estimate of drug-likeness (QED) is 0.841. The minimum atomic E-state index is 0.209. The maximum Gasteiger partial charge on any atom is 0.0647 e. The fourth-order valence-electron chi connectivity index (χ4n) is 2.83. The molecule has 0 spiro atoms. The summed E-state index contributed by atoms with van der Waals surface area (Å²) < 4.78 is 0. The topological polar surface area (TPSA) is 20.2 Å². The molecule has 1 nitrogen and oxygen atoms in total. The van der Waals surface area contributed by atoms with Crippen molar-refractivity contribution < 1.29 is 5.11 Å². The molecule has 1 heteroatoms. The molecule has 1 N–H and O–H groups in total. The van der Waals surface area contributed by atoms with Gasteiger partial charge in [-0.15, -0.1) is 0 Å². The van der Waals surface area contributed by atoms with E-state index in [4.69, 9.17) is 0 Å². The summed E-state index contributed by atoms with van der Waals surface area (Å²) in [4.78, 5) is 0. The highest BCUT2D eigenvalue weighted by Crippen LogP contribution is 2.30. The molecular formula is C17H24O. The van der Waals surface area contributed by atoms with Crippen LogP contribution in [0, 0.1) is 5.92 Å². The van der Waals surface area contributed by atoms with Gasteiger partial charge >= 0.3 is 0 Å². The minimum absolute atomic E-state index is 0.209. The lowest BCUT2D eigenvalue weighted by Crippen LogP contribution is -2.11. The van der Waals surface area contributed by atoms with E-state index in [9.17, 15) is 5.11 Å². The summed E-state index contributed by atoms with van der Waals surface area (Å²) in [6.45, 7) is 2.38. The van der Waals surface area contributed by atoms with Gasteiger partial charge in [-0.25, -0.2) is 0 Å². The third-order valence-electron chi connectivity index (χ3n) is 4.05. The number of benzene rings is 1. The van der Waals surface area contributed by atoms with Crippen LogP contribution in [0.2, 0.25) is 0 Å². The Kier molecular flexibility index (Phi) is 5.00. The van der Waals surface area contributed by atoms with Crippen molar-refractivity contribution >= 4 is 6.08 Å². The maximum atomic E-state index is 9.57. The molecule has 0 bridgehead atoms. The Morgan fingerprint density at radius 1 is 1.17 bits per heavy atom. The SMILES string of the molecule is CCc1ccc(C=C(CO)C2CCCCC2)cc1. The van der Waals surface area contributed by atoms with Gasteiger partial charge < -0.3 is 5.11 Å². The van der Waals surface area contributed by atoms with Crippen molar-refractivity contribution in [3.8, 4) is 0 Å². The predicted molar refractivity (Wildman–Crippen MR) is 77.5 cm³/mol. The van der Waals surface area contributed by atoms with E-state index in [1.54, 1.807) is 0 Å². The molecule has 18 heavy (non-hydrogen) atoms. The largest absolute Gasteiger partial charge is 0.392 e. The van der Waals surface area contributed by atoms with Crippen molar-refractivity contribution in [1.29, 1.82) is 0 Å². The smallest absolute Gasteiger partial charge is 0.0647 e. The van der Waals surface area contributed by atoms with Gasteiger partial charge in [-0.2, -0.15) is 0 Å². The molecule has 0 atom stereocenters. The molecule has 2 rings (SSSR count). The van der Waals surface area contributed by atoms with E-state index < -0.39 is 0 Å². The molecule has 0 aromatic heterocycles. The van der Waals surface area contributed by atoms with E-state index in [-0.39, 0.29) is 6.61 Å². The van der Waals surface area contributed by atoms with Crippen molar-refractivity contribution in [1.82, 2.24) is 0 Å². The minimum Gasteiger partial charge on any atom is -0.392 e. The normalized spacial score (nSPS) is 18.0. The summed E-state index contributed by atoms with van der Waals surface area (Å²) in [5.41, 5.74) is 3.82. The van der Waals surface area contributed by atoms with E-state index in [0.717, 1.165) is 6.42 Å². The van der Waals surface area contributed by atoms with Crippen molar-refractivity contribution in [2.45, 2.75) is 45.4 Å². The maximum absolute atomic E-state index is 9.57. The molecule has 1 aromatic rings. The highest BCUT2D eigenvalue weighted by Gasteiger charge is 2.16. The Morgan fingerprint density at radius 2 is 1.83 bits per heavy atom. The zero-order valence-corrected chi connectivity index (χ0v) is 11.4. The molecule has 1 aliphatic rings. The van der Waals surface area contributed by atoms with E-state index >= 15 is 0 Å². The van der Waals surface area contributed by atoms with Gasteiger partial charge in [-0.3, -0.25) is 0 Å². The van der Waals surface area contributed by atoms with Gasteiger partial charge in [0.1, 0.15) is 0 Å². The van der Waals surface area contributed by atoms with Crippen molar-refractivity contribution in [3.63, 3.8) is 0 Å². The monoisotopic (exact) mass is 244 g/mol. The molecule has 0 radical (unpaired) electrons. The summed E-state index contributed by atoms with van der Waals surface area (Å²) in [6, 6.07) is 8.69. The average Bonchev–Trinajstić information content (AvgIpc) is 2.46. The number of aryl methyl sites for hydroxylation is 1. The van der Waals surface area contributed by atoms with Crippen LogP contribution in [0.1, 0.15) is 50.2 Å². The second kappa shape index (κ2) is 6.75. The second-order valence-corrected chi connectivity index (χ2v) is 5.31. The van der Waals surface area contributed by atoms with Crippen molar-refractivity contribution in [2.75, 3.05) is 6.61 Å². The van der Waals surface area contributed by atoms with Crippen LogP contribution in [0.25, 0.3) is 6.08 Å². The summed E-state index contributed by atoms with van der Waals surface area (Å²) in [6.07, 6.45) is 9.77. The lowest BCUT2D eigenvalue weighted by Gasteiger charge is -2.23. The molecular weight excluding hydrogens is 220 g/mol. The highest BCUT2D eigenvalue weighted by molar-refractivity contribution is 5.54. The van der Waals surface area contributed by atoms with E-state index in [2.05, 4.69) is 37.3 Å². The van der Waals surface area contributed by atoms with Crippen molar-refractivity contribution in [3.05, 3.63) is 41.0 Å². The lowest BCUT2D eigenvalue weighted by molar-refractivity contribution is 0.295. The van der Waals surface area contributed by atoms with Gasteiger partial charge in [0, 0.05) is 0 Å². The van der Waals surface area contributed by atoms with Gasteiger partial charge in [0.15, 0.2) is 0 Å². The first-order chi connectivity index (χ1) is 8.83. The Morgan fingerprint density at radius 3 is 2.39 bits per heavy atom. The van der Waals surface area contributed by atoms with Gasteiger partial charge in [0.05, 0.1) is 6.61 Å². The Balaban J connectivity index is 2.11. The average molecular weight is 244 g/mol. The molecule has 1 aliphatic carbocycles. The first kappa shape index (κ1) is 13.4. The number of aliphatic hydroxyl groups excluding tert-OH is 1. The Hall–Kier alpha value is -1.08. The van der Waals surface area contributed by atoms with Gasteiger partial charge in [0.2, 0.25) is 0 Å². The fraction of sp³-hybridized carbons (Fsp3) is 0.529. The van der Waals surface area contributed by atoms with Crippen LogP contribution in [0.3, 0.4) is 0 Å². The van der Waals surface area contributed by atoms with E-state index in [0.29, 0.717) is 5.92 Å². The summed E-state index contributed by atoms with van der Waals surface area (Å²) in [5.74, 6) is 0.606. The zero-order valence-electron chi connectivity index (χ0n) is 11.4. The number of hydrogen-bond acceptors (Lipinski definition) is 1. The van der Waals surface area contributed by atoms with Crippen molar-refractivity contribution in [2.24, 2.45) is 5.92 Å².